The number of fused-ring (bicyclic) bond motifs is 1. The Bertz CT molecular complexity index is 864. The number of carbonyl (C=O) groups is 1. The van der Waals surface area contributed by atoms with Gasteiger partial charge in [0.25, 0.3) is 11.5 Å². The fourth-order valence-electron chi connectivity index (χ4n) is 2.06. The third-order valence-electron chi connectivity index (χ3n) is 3.24. The van der Waals surface area contributed by atoms with Crippen LogP contribution in [0.1, 0.15) is 16.2 Å². The van der Waals surface area contributed by atoms with Crippen molar-refractivity contribution >= 4 is 16.9 Å². The first-order valence-corrected chi connectivity index (χ1v) is 6.78. The minimum absolute atomic E-state index is 0.216. The Balaban J connectivity index is 1.64. The molecule has 0 saturated heterocycles. The van der Waals surface area contributed by atoms with Gasteiger partial charge in [-0.05, 0) is 19.1 Å². The molecule has 112 valence electrons. The van der Waals surface area contributed by atoms with Gasteiger partial charge in [-0.15, -0.1) is 0 Å². The van der Waals surface area contributed by atoms with Gasteiger partial charge in [-0.1, -0.05) is 0 Å². The summed E-state index contributed by atoms with van der Waals surface area (Å²) < 4.78 is 6.65. The van der Waals surface area contributed by atoms with Gasteiger partial charge in [0, 0.05) is 30.9 Å². The predicted molar refractivity (Wildman–Crippen MR) is 79.6 cm³/mol. The first kappa shape index (κ1) is 14.0. The zero-order chi connectivity index (χ0) is 15.5. The lowest BCUT2D eigenvalue weighted by Gasteiger charge is -2.07. The van der Waals surface area contributed by atoms with Gasteiger partial charge in [-0.2, -0.15) is 0 Å². The molecule has 1 N–H and O–H groups in total. The standard InChI is InChI=1S/C15H14N4O3/c1-10-8-18-12(9-17-10)14(20)16-4-6-19-5-2-11-3-7-22-13(11)15(19)21/h2-3,5,7-9H,4,6H2,1H3,(H,16,20). The molecular weight excluding hydrogens is 284 g/mol. The van der Waals surface area contributed by atoms with Crippen molar-refractivity contribution in [1.29, 1.82) is 0 Å². The molecule has 0 radical (unpaired) electrons. The van der Waals surface area contributed by atoms with Gasteiger partial charge in [0.15, 0.2) is 5.58 Å². The van der Waals surface area contributed by atoms with E-state index in [9.17, 15) is 9.59 Å². The highest BCUT2D eigenvalue weighted by Gasteiger charge is 2.08. The van der Waals surface area contributed by atoms with Gasteiger partial charge in [0.1, 0.15) is 5.69 Å². The summed E-state index contributed by atoms with van der Waals surface area (Å²) in [6.45, 7) is 2.45. The third-order valence-corrected chi connectivity index (χ3v) is 3.24. The highest BCUT2D eigenvalue weighted by molar-refractivity contribution is 5.91. The second kappa shape index (κ2) is 5.80. The summed E-state index contributed by atoms with van der Waals surface area (Å²) >= 11 is 0. The van der Waals surface area contributed by atoms with Crippen LogP contribution >= 0.6 is 0 Å². The van der Waals surface area contributed by atoms with Gasteiger partial charge >= 0.3 is 0 Å². The van der Waals surface area contributed by atoms with Crippen molar-refractivity contribution in [3.05, 3.63) is 58.7 Å². The quantitative estimate of drug-likeness (QED) is 0.779. The zero-order valence-electron chi connectivity index (χ0n) is 11.9. The Morgan fingerprint density at radius 3 is 2.95 bits per heavy atom. The molecule has 0 bridgehead atoms. The molecule has 22 heavy (non-hydrogen) atoms. The average Bonchev–Trinajstić information content (AvgIpc) is 2.99. The Morgan fingerprint density at radius 1 is 1.32 bits per heavy atom. The van der Waals surface area contributed by atoms with Crippen LogP contribution in [0.2, 0.25) is 0 Å². The van der Waals surface area contributed by atoms with E-state index in [-0.39, 0.29) is 17.2 Å². The highest BCUT2D eigenvalue weighted by Crippen LogP contribution is 2.09. The van der Waals surface area contributed by atoms with Crippen LogP contribution < -0.4 is 10.9 Å². The molecule has 7 heteroatoms. The van der Waals surface area contributed by atoms with Gasteiger partial charge in [-0.3, -0.25) is 14.6 Å². The molecule has 0 aliphatic heterocycles. The SMILES string of the molecule is Cc1cnc(C(=O)NCCn2ccc3ccoc3c2=O)cn1. The first-order valence-electron chi connectivity index (χ1n) is 6.78. The number of pyridine rings is 1. The van der Waals surface area contributed by atoms with E-state index in [0.29, 0.717) is 18.7 Å². The molecule has 3 aromatic rings. The van der Waals surface area contributed by atoms with Crippen LogP contribution in [0.5, 0.6) is 0 Å². The zero-order valence-corrected chi connectivity index (χ0v) is 11.9. The highest BCUT2D eigenvalue weighted by atomic mass is 16.3. The average molecular weight is 298 g/mol. The van der Waals surface area contributed by atoms with Crippen LogP contribution in [0.3, 0.4) is 0 Å². The molecule has 0 aromatic carbocycles. The Hall–Kier alpha value is -2.96. The number of hydrogen-bond donors (Lipinski definition) is 1. The molecule has 3 rings (SSSR count). The van der Waals surface area contributed by atoms with Gasteiger partial charge in [0.2, 0.25) is 0 Å². The summed E-state index contributed by atoms with van der Waals surface area (Å²) in [6.07, 6.45) is 6.11. The summed E-state index contributed by atoms with van der Waals surface area (Å²) in [4.78, 5) is 32.0. The Morgan fingerprint density at radius 2 is 2.18 bits per heavy atom. The Kier molecular flexibility index (Phi) is 3.69. The van der Waals surface area contributed by atoms with Crippen molar-refractivity contribution in [3.8, 4) is 0 Å². The molecular formula is C15H14N4O3. The van der Waals surface area contributed by atoms with E-state index in [1.165, 1.54) is 23.2 Å². The number of carbonyl (C=O) groups excluding carboxylic acids is 1. The van der Waals surface area contributed by atoms with E-state index in [1.807, 2.05) is 0 Å². The summed E-state index contributed by atoms with van der Waals surface area (Å²) in [5.74, 6) is -0.320. The third kappa shape index (κ3) is 2.73. The monoisotopic (exact) mass is 298 g/mol. The maximum atomic E-state index is 12.1. The van der Waals surface area contributed by atoms with Crippen molar-refractivity contribution in [3.63, 3.8) is 0 Å². The number of hydrogen-bond acceptors (Lipinski definition) is 5. The number of aryl methyl sites for hydroxylation is 1. The van der Waals surface area contributed by atoms with Crippen molar-refractivity contribution in [2.45, 2.75) is 13.5 Å². The van der Waals surface area contributed by atoms with Crippen LogP contribution in [0.4, 0.5) is 0 Å². The molecule has 3 heterocycles. The van der Waals surface area contributed by atoms with E-state index < -0.39 is 0 Å². The molecule has 0 atom stereocenters. The summed E-state index contributed by atoms with van der Waals surface area (Å²) in [7, 11) is 0. The van der Waals surface area contributed by atoms with Crippen LogP contribution in [0.25, 0.3) is 11.0 Å². The summed E-state index contributed by atoms with van der Waals surface area (Å²) in [6, 6.07) is 3.53. The molecule has 0 saturated carbocycles. The molecule has 3 aromatic heterocycles. The van der Waals surface area contributed by atoms with E-state index in [0.717, 1.165) is 11.1 Å². The van der Waals surface area contributed by atoms with E-state index in [1.54, 1.807) is 25.3 Å². The number of rotatable bonds is 4. The van der Waals surface area contributed by atoms with Gasteiger partial charge in [-0.25, -0.2) is 4.98 Å². The minimum atomic E-state index is -0.320. The van der Waals surface area contributed by atoms with E-state index in [4.69, 9.17) is 4.42 Å². The molecule has 0 aliphatic carbocycles. The second-order valence-corrected chi connectivity index (χ2v) is 4.82. The van der Waals surface area contributed by atoms with E-state index in [2.05, 4.69) is 15.3 Å². The minimum Gasteiger partial charge on any atom is -0.459 e. The van der Waals surface area contributed by atoms with E-state index >= 15 is 0 Å². The number of nitrogens with one attached hydrogen (secondary N) is 1. The van der Waals surface area contributed by atoms with Crippen LogP contribution in [-0.4, -0.2) is 27.0 Å². The number of amides is 1. The lowest BCUT2D eigenvalue weighted by Crippen LogP contribution is -2.31. The molecule has 0 aliphatic rings. The normalized spacial score (nSPS) is 10.8. The van der Waals surface area contributed by atoms with Crippen LogP contribution in [-0.2, 0) is 6.54 Å². The summed E-state index contributed by atoms with van der Waals surface area (Å²) in [5, 5.41) is 3.47. The molecule has 0 spiro atoms. The smallest absolute Gasteiger partial charge is 0.294 e. The number of nitrogens with zero attached hydrogens (tertiary/aromatic N) is 3. The number of aromatic nitrogens is 3. The second-order valence-electron chi connectivity index (χ2n) is 4.82. The van der Waals surface area contributed by atoms with Crippen molar-refractivity contribution in [2.75, 3.05) is 6.54 Å². The lowest BCUT2D eigenvalue weighted by atomic mass is 10.3. The fraction of sp³-hybridized carbons (Fsp3) is 0.200. The molecule has 0 fully saturated rings. The van der Waals surface area contributed by atoms with Gasteiger partial charge in [0.05, 0.1) is 18.2 Å². The lowest BCUT2D eigenvalue weighted by molar-refractivity contribution is 0.0947. The van der Waals surface area contributed by atoms with Crippen LogP contribution in [0.15, 0.2) is 46.2 Å². The molecule has 7 nitrogen and oxygen atoms in total. The maximum absolute atomic E-state index is 12.1. The van der Waals surface area contributed by atoms with Crippen molar-refractivity contribution < 1.29 is 9.21 Å². The molecule has 1 amide bonds. The largest absolute Gasteiger partial charge is 0.459 e. The summed E-state index contributed by atoms with van der Waals surface area (Å²) in [5.41, 5.74) is 1.10. The Labute approximate surface area is 125 Å². The van der Waals surface area contributed by atoms with Crippen molar-refractivity contribution in [2.24, 2.45) is 0 Å². The van der Waals surface area contributed by atoms with Crippen LogP contribution in [0, 0.1) is 6.92 Å². The first-order chi connectivity index (χ1) is 10.6. The van der Waals surface area contributed by atoms with Gasteiger partial charge < -0.3 is 14.3 Å². The fourth-order valence-corrected chi connectivity index (χ4v) is 2.06. The molecule has 0 unspecified atom stereocenters. The maximum Gasteiger partial charge on any atom is 0.294 e. The topological polar surface area (TPSA) is 90.0 Å². The number of furan rings is 1. The van der Waals surface area contributed by atoms with Crippen molar-refractivity contribution in [1.82, 2.24) is 19.9 Å². The predicted octanol–water partition coefficient (Wildman–Crippen LogP) is 1.12.